The van der Waals surface area contributed by atoms with Crippen molar-refractivity contribution in [3.05, 3.63) is 135 Å². The Morgan fingerprint density at radius 1 is 0.577 bits per heavy atom. The molecule has 0 unspecified atom stereocenters. The molecule has 0 aliphatic carbocycles. The van der Waals surface area contributed by atoms with Crippen molar-refractivity contribution in [2.75, 3.05) is 0 Å². The third-order valence-corrected chi connectivity index (χ3v) is 2.77. The summed E-state index contributed by atoms with van der Waals surface area (Å²) in [7, 11) is 0. The standard InChI is InChI=1S/2C8H8.2C5H8/c2*1-2-8-6-4-3-5-7-8;2*1-4-5(2)3/h2*2-7H,1H2;2*4H,1-2H2,3H3. The van der Waals surface area contributed by atoms with Crippen LogP contribution in [0.25, 0.3) is 12.2 Å². The van der Waals surface area contributed by atoms with E-state index in [9.17, 15) is 0 Å². The third-order valence-electron chi connectivity index (χ3n) is 2.77. The van der Waals surface area contributed by atoms with Gasteiger partial charge in [0.15, 0.2) is 0 Å². The van der Waals surface area contributed by atoms with Gasteiger partial charge in [-0.1, -0.05) is 136 Å². The van der Waals surface area contributed by atoms with Crippen LogP contribution in [0.5, 0.6) is 0 Å². The molecule has 2 aromatic rings. The minimum Gasteiger partial charge on any atom is -0.0988 e. The van der Waals surface area contributed by atoms with Crippen molar-refractivity contribution >= 4 is 12.2 Å². The first-order valence-corrected chi connectivity index (χ1v) is 8.32. The van der Waals surface area contributed by atoms with Crippen molar-refractivity contribution in [2.24, 2.45) is 0 Å². The average Bonchev–Trinajstić information content (AvgIpc) is 2.70. The van der Waals surface area contributed by atoms with E-state index in [1.807, 2.05) is 86.7 Å². The quantitative estimate of drug-likeness (QED) is 0.491. The van der Waals surface area contributed by atoms with Crippen molar-refractivity contribution < 1.29 is 0 Å². The first-order valence-electron chi connectivity index (χ1n) is 8.32. The SMILES string of the molecule is C=CC(=C)C.C=CC(=C)C.C=Cc1ccccc1.C=Cc1ccccc1. The van der Waals surface area contributed by atoms with Crippen LogP contribution in [0.3, 0.4) is 0 Å². The lowest BCUT2D eigenvalue weighted by Crippen LogP contribution is -1.63. The second kappa shape index (κ2) is 18.2. The Hall–Kier alpha value is -3.12. The molecule has 0 saturated carbocycles. The van der Waals surface area contributed by atoms with Crippen LogP contribution in [0.4, 0.5) is 0 Å². The van der Waals surface area contributed by atoms with E-state index in [1.165, 1.54) is 11.1 Å². The molecule has 0 aliphatic heterocycles. The average molecular weight is 345 g/mol. The van der Waals surface area contributed by atoms with Crippen LogP contribution in [0.1, 0.15) is 25.0 Å². The number of hydrogen-bond acceptors (Lipinski definition) is 0. The van der Waals surface area contributed by atoms with E-state index in [-0.39, 0.29) is 0 Å². The lowest BCUT2D eigenvalue weighted by molar-refractivity contribution is 1.58. The minimum atomic E-state index is 1.02. The van der Waals surface area contributed by atoms with Crippen LogP contribution in [-0.4, -0.2) is 0 Å². The van der Waals surface area contributed by atoms with E-state index in [1.54, 1.807) is 12.2 Å². The van der Waals surface area contributed by atoms with Gasteiger partial charge in [0, 0.05) is 0 Å². The van der Waals surface area contributed by atoms with Crippen molar-refractivity contribution in [2.45, 2.75) is 13.8 Å². The van der Waals surface area contributed by atoms with Crippen LogP contribution < -0.4 is 0 Å². The molecule has 2 aromatic carbocycles. The van der Waals surface area contributed by atoms with E-state index < -0.39 is 0 Å². The van der Waals surface area contributed by atoms with Gasteiger partial charge in [0.05, 0.1) is 0 Å². The highest BCUT2D eigenvalue weighted by Gasteiger charge is 1.76. The molecule has 0 heterocycles. The maximum atomic E-state index is 3.63. The van der Waals surface area contributed by atoms with E-state index in [2.05, 4.69) is 39.5 Å². The lowest BCUT2D eigenvalue weighted by atomic mass is 10.2. The van der Waals surface area contributed by atoms with Gasteiger partial charge in [-0.2, -0.15) is 0 Å². The maximum absolute atomic E-state index is 3.63. The maximum Gasteiger partial charge on any atom is -0.0263 e. The monoisotopic (exact) mass is 344 g/mol. The van der Waals surface area contributed by atoms with Gasteiger partial charge in [0.2, 0.25) is 0 Å². The highest BCUT2D eigenvalue weighted by Crippen LogP contribution is 1.98. The molecule has 0 nitrogen and oxygen atoms in total. The van der Waals surface area contributed by atoms with Gasteiger partial charge in [-0.25, -0.2) is 0 Å². The molecule has 0 spiro atoms. The van der Waals surface area contributed by atoms with Gasteiger partial charge < -0.3 is 0 Å². The summed E-state index contributed by atoms with van der Waals surface area (Å²) in [5.41, 5.74) is 4.38. The van der Waals surface area contributed by atoms with E-state index in [4.69, 9.17) is 0 Å². The molecular formula is C26H32. The third kappa shape index (κ3) is 18.9. The van der Waals surface area contributed by atoms with Gasteiger partial charge in [-0.15, -0.1) is 0 Å². The van der Waals surface area contributed by atoms with Crippen LogP contribution in [0.15, 0.2) is 123 Å². The Kier molecular flexibility index (Phi) is 17.6. The molecule has 0 radical (unpaired) electrons. The molecule has 0 fully saturated rings. The van der Waals surface area contributed by atoms with Crippen molar-refractivity contribution in [3.63, 3.8) is 0 Å². The van der Waals surface area contributed by atoms with Gasteiger partial charge in [-0.3, -0.25) is 0 Å². The zero-order valence-corrected chi connectivity index (χ0v) is 16.3. The molecule has 136 valence electrons. The van der Waals surface area contributed by atoms with E-state index in [0.717, 1.165) is 11.1 Å². The molecule has 0 aromatic heterocycles. The predicted octanol–water partition coefficient (Wildman–Crippen LogP) is 8.16. The molecule has 0 heteroatoms. The predicted molar refractivity (Wildman–Crippen MR) is 123 cm³/mol. The zero-order valence-electron chi connectivity index (χ0n) is 16.3. The molecule has 0 bridgehead atoms. The molecule has 2 rings (SSSR count). The highest BCUT2D eigenvalue weighted by atomic mass is 13.8. The zero-order chi connectivity index (χ0) is 20.2. The lowest BCUT2D eigenvalue weighted by Gasteiger charge is -1.85. The molecule has 0 aliphatic rings. The summed E-state index contributed by atoms with van der Waals surface area (Å²) < 4.78 is 0. The molecule has 0 atom stereocenters. The van der Waals surface area contributed by atoms with Crippen molar-refractivity contribution in [3.8, 4) is 0 Å². The summed E-state index contributed by atoms with van der Waals surface area (Å²) >= 11 is 0. The van der Waals surface area contributed by atoms with Crippen LogP contribution in [-0.2, 0) is 0 Å². The minimum absolute atomic E-state index is 1.02. The van der Waals surface area contributed by atoms with Gasteiger partial charge in [0.25, 0.3) is 0 Å². The van der Waals surface area contributed by atoms with Gasteiger partial charge in [-0.05, 0) is 25.0 Å². The fraction of sp³-hybridized carbons (Fsp3) is 0.0769. The Labute approximate surface area is 160 Å². The van der Waals surface area contributed by atoms with Crippen LogP contribution in [0, 0.1) is 0 Å². The molecule has 0 saturated heterocycles. The smallest absolute Gasteiger partial charge is 0.0263 e. The fourth-order valence-corrected chi connectivity index (χ4v) is 1.18. The molecule has 26 heavy (non-hydrogen) atoms. The Bertz CT molecular complexity index is 596. The van der Waals surface area contributed by atoms with E-state index in [0.29, 0.717) is 0 Å². The summed E-state index contributed by atoms with van der Waals surface area (Å²) in [6.45, 7) is 25.1. The molecule has 0 amide bonds. The topological polar surface area (TPSA) is 0 Å². The van der Waals surface area contributed by atoms with Crippen LogP contribution >= 0.6 is 0 Å². The Morgan fingerprint density at radius 2 is 0.808 bits per heavy atom. The van der Waals surface area contributed by atoms with E-state index >= 15 is 0 Å². The summed E-state index contributed by atoms with van der Waals surface area (Å²) in [5.74, 6) is 0. The second-order valence-corrected chi connectivity index (χ2v) is 5.33. The van der Waals surface area contributed by atoms with Crippen molar-refractivity contribution in [1.82, 2.24) is 0 Å². The number of benzene rings is 2. The van der Waals surface area contributed by atoms with Gasteiger partial charge in [0.1, 0.15) is 0 Å². The summed E-state index contributed by atoms with van der Waals surface area (Å²) in [6.07, 6.45) is 7.11. The molecule has 0 N–H and O–H groups in total. The Balaban J connectivity index is 0. The van der Waals surface area contributed by atoms with Crippen molar-refractivity contribution in [1.29, 1.82) is 0 Å². The van der Waals surface area contributed by atoms with Gasteiger partial charge >= 0.3 is 0 Å². The normalized spacial score (nSPS) is 7.77. The summed E-state index contributed by atoms with van der Waals surface area (Å²) in [6, 6.07) is 20.1. The number of hydrogen-bond donors (Lipinski definition) is 0. The number of rotatable bonds is 4. The van der Waals surface area contributed by atoms with Crippen LogP contribution in [0.2, 0.25) is 0 Å². The first kappa shape index (κ1) is 25.1. The molecular weight excluding hydrogens is 312 g/mol. The fourth-order valence-electron chi connectivity index (χ4n) is 1.18. The number of allylic oxidation sites excluding steroid dienone is 4. The first-order chi connectivity index (χ1) is 12.4. The largest absolute Gasteiger partial charge is 0.0988 e. The Morgan fingerprint density at radius 3 is 0.923 bits per heavy atom. The highest BCUT2D eigenvalue weighted by molar-refractivity contribution is 5.46. The second-order valence-electron chi connectivity index (χ2n) is 5.33. The summed E-state index contributed by atoms with van der Waals surface area (Å²) in [5, 5.41) is 0. The summed E-state index contributed by atoms with van der Waals surface area (Å²) in [4.78, 5) is 0.